The number of nitrogens with one attached hydrogen (secondary N) is 3. The van der Waals surface area contributed by atoms with Crippen molar-refractivity contribution >= 4 is 17.2 Å². The Labute approximate surface area is 207 Å². The zero-order chi connectivity index (χ0) is 24.6. The molecule has 4 aromatic rings. The number of pyridine rings is 1. The molecule has 0 aliphatic carbocycles. The third-order valence-corrected chi connectivity index (χ3v) is 5.55. The van der Waals surface area contributed by atoms with Crippen molar-refractivity contribution in [3.8, 4) is 22.5 Å². The predicted octanol–water partition coefficient (Wildman–Crippen LogP) is 5.53. The van der Waals surface area contributed by atoms with Crippen LogP contribution in [0.2, 0.25) is 0 Å². The van der Waals surface area contributed by atoms with Gasteiger partial charge in [-0.1, -0.05) is 64.1 Å². The zero-order valence-corrected chi connectivity index (χ0v) is 20.9. The molecule has 0 unspecified atom stereocenters. The number of hydrogen-bond donors (Lipinski definition) is 3. The molecule has 0 aliphatic rings. The van der Waals surface area contributed by atoms with Gasteiger partial charge in [-0.15, -0.1) is 10.2 Å². The van der Waals surface area contributed by atoms with Crippen LogP contribution in [0.25, 0.3) is 22.5 Å². The van der Waals surface area contributed by atoms with Gasteiger partial charge in [-0.3, -0.25) is 0 Å². The third kappa shape index (κ3) is 6.35. The molecule has 0 saturated carbocycles. The number of aromatic nitrogens is 5. The highest BCUT2D eigenvalue weighted by Gasteiger charge is 2.17. The smallest absolute Gasteiger partial charge is 0.205 e. The lowest BCUT2D eigenvalue weighted by molar-refractivity contribution is 0.553. The summed E-state index contributed by atoms with van der Waals surface area (Å²) in [4.78, 5) is 6.85. The minimum absolute atomic E-state index is 0.548. The van der Waals surface area contributed by atoms with Gasteiger partial charge in [0, 0.05) is 24.8 Å². The van der Waals surface area contributed by atoms with Gasteiger partial charge in [0.15, 0.2) is 0 Å². The Bertz CT molecular complexity index is 1180. The molecule has 0 atom stereocenters. The van der Waals surface area contributed by atoms with E-state index in [1.165, 1.54) is 5.69 Å². The summed E-state index contributed by atoms with van der Waals surface area (Å²) in [6, 6.07) is 20.6. The van der Waals surface area contributed by atoms with Gasteiger partial charge in [0.05, 0.1) is 18.0 Å². The Balaban J connectivity index is 1.70. The summed E-state index contributed by atoms with van der Waals surface area (Å²) in [7, 11) is 0. The number of benzene rings is 2. The Hall–Kier alpha value is -3.94. The minimum atomic E-state index is 0.548. The number of aromatic amines is 1. The Morgan fingerprint density at radius 2 is 1.60 bits per heavy atom. The van der Waals surface area contributed by atoms with Gasteiger partial charge < -0.3 is 15.5 Å². The molecule has 8 nitrogen and oxygen atoms in total. The number of anilines is 3. The molecule has 2 heterocycles. The zero-order valence-electron chi connectivity index (χ0n) is 20.9. The summed E-state index contributed by atoms with van der Waals surface area (Å²) in [6.07, 6.45) is 1.79. The van der Waals surface area contributed by atoms with E-state index in [9.17, 15) is 0 Å². The van der Waals surface area contributed by atoms with E-state index in [2.05, 4.69) is 93.1 Å². The second-order valence-corrected chi connectivity index (χ2v) is 9.45. The quantitative estimate of drug-likeness (QED) is 0.248. The first-order chi connectivity index (χ1) is 17.0. The first-order valence-corrected chi connectivity index (χ1v) is 12.1. The number of H-pyrrole nitrogens is 1. The summed E-state index contributed by atoms with van der Waals surface area (Å²) in [5.41, 5.74) is 5.34. The molecule has 182 valence electrons. The fourth-order valence-electron chi connectivity index (χ4n) is 4.18. The normalized spacial score (nSPS) is 11.1. The van der Waals surface area contributed by atoms with Crippen LogP contribution in [-0.4, -0.2) is 45.4 Å². The van der Waals surface area contributed by atoms with Crippen molar-refractivity contribution in [2.45, 2.75) is 27.7 Å². The molecule has 35 heavy (non-hydrogen) atoms. The van der Waals surface area contributed by atoms with Gasteiger partial charge >= 0.3 is 0 Å². The maximum atomic E-state index is 4.37. The molecule has 2 aromatic carbocycles. The van der Waals surface area contributed by atoms with Gasteiger partial charge in [-0.25, -0.2) is 4.98 Å². The second-order valence-electron chi connectivity index (χ2n) is 9.45. The van der Waals surface area contributed by atoms with E-state index in [0.29, 0.717) is 24.3 Å². The number of hydrogen-bond acceptors (Lipinski definition) is 7. The van der Waals surface area contributed by atoms with Crippen LogP contribution in [0.3, 0.4) is 0 Å². The molecule has 0 amide bonds. The summed E-state index contributed by atoms with van der Waals surface area (Å²) < 4.78 is 0. The topological polar surface area (TPSA) is 94.7 Å². The minimum Gasteiger partial charge on any atom is -0.369 e. The molecule has 3 N–H and O–H groups in total. The maximum absolute atomic E-state index is 4.37. The monoisotopic (exact) mass is 470 g/mol. The van der Waals surface area contributed by atoms with Gasteiger partial charge in [0.2, 0.25) is 5.82 Å². The number of nitrogens with zero attached hydrogens (tertiary/aromatic N) is 5. The van der Waals surface area contributed by atoms with Crippen molar-refractivity contribution in [1.82, 2.24) is 25.6 Å². The first-order valence-electron chi connectivity index (χ1n) is 12.1. The molecular weight excluding hydrogens is 436 g/mol. The van der Waals surface area contributed by atoms with Gasteiger partial charge in [0.25, 0.3) is 0 Å². The van der Waals surface area contributed by atoms with E-state index in [4.69, 9.17) is 0 Å². The lowest BCUT2D eigenvalue weighted by atomic mass is 9.98. The summed E-state index contributed by atoms with van der Waals surface area (Å²) in [5, 5.41) is 21.7. The predicted molar refractivity (Wildman–Crippen MR) is 143 cm³/mol. The highest BCUT2D eigenvalue weighted by atomic mass is 15.5. The van der Waals surface area contributed by atoms with Crippen molar-refractivity contribution in [3.63, 3.8) is 0 Å². The van der Waals surface area contributed by atoms with Crippen LogP contribution in [0, 0.1) is 11.8 Å². The lowest BCUT2D eigenvalue weighted by Crippen LogP contribution is -2.32. The van der Waals surface area contributed by atoms with Crippen LogP contribution in [-0.2, 0) is 0 Å². The SMILES string of the molecule is CC(C)CN(CC(C)C)c1ccc(-c2ccccc2-c2nn[nH]n2)cc1NCNc1ccccn1. The molecule has 0 saturated heterocycles. The Kier molecular flexibility index (Phi) is 7.92. The lowest BCUT2D eigenvalue weighted by Gasteiger charge is -2.31. The van der Waals surface area contributed by atoms with E-state index in [1.807, 2.05) is 36.4 Å². The van der Waals surface area contributed by atoms with Crippen LogP contribution in [0.1, 0.15) is 27.7 Å². The first kappa shape index (κ1) is 24.2. The van der Waals surface area contributed by atoms with E-state index >= 15 is 0 Å². The van der Waals surface area contributed by atoms with Gasteiger partial charge in [-0.2, -0.15) is 5.21 Å². The van der Waals surface area contributed by atoms with Crippen LogP contribution >= 0.6 is 0 Å². The molecule has 8 heteroatoms. The van der Waals surface area contributed by atoms with Crippen LogP contribution in [0.5, 0.6) is 0 Å². The van der Waals surface area contributed by atoms with Crippen molar-refractivity contribution in [3.05, 3.63) is 66.9 Å². The summed E-state index contributed by atoms with van der Waals surface area (Å²) in [6.45, 7) is 11.6. The van der Waals surface area contributed by atoms with Crippen molar-refractivity contribution in [1.29, 1.82) is 0 Å². The summed E-state index contributed by atoms with van der Waals surface area (Å²) in [5.74, 6) is 2.51. The maximum Gasteiger partial charge on any atom is 0.205 e. The van der Waals surface area contributed by atoms with E-state index < -0.39 is 0 Å². The van der Waals surface area contributed by atoms with Crippen LogP contribution < -0.4 is 15.5 Å². The van der Waals surface area contributed by atoms with Crippen LogP contribution in [0.15, 0.2) is 66.9 Å². The average molecular weight is 471 g/mol. The molecule has 0 aliphatic heterocycles. The van der Waals surface area contributed by atoms with E-state index in [1.54, 1.807) is 6.20 Å². The third-order valence-electron chi connectivity index (χ3n) is 5.55. The second kappa shape index (κ2) is 11.5. The summed E-state index contributed by atoms with van der Waals surface area (Å²) >= 11 is 0. The van der Waals surface area contributed by atoms with Gasteiger partial charge in [-0.05, 0) is 52.4 Å². The fraction of sp³-hybridized carbons (Fsp3) is 0.333. The highest BCUT2D eigenvalue weighted by molar-refractivity contribution is 5.85. The highest BCUT2D eigenvalue weighted by Crippen LogP contribution is 2.36. The standard InChI is InChI=1S/C27H34N8/c1-19(2)16-35(17-20(3)4)25-13-12-21(15-24(25)29-18-30-26-11-7-8-14-28-26)22-9-5-6-10-23(22)27-31-33-34-32-27/h5-15,19-20,29H,16-18H2,1-4H3,(H,28,30)(H,31,32,33,34). The number of rotatable bonds is 11. The Morgan fingerprint density at radius 1 is 0.857 bits per heavy atom. The molecule has 0 bridgehead atoms. The van der Waals surface area contributed by atoms with Crippen molar-refractivity contribution in [2.24, 2.45) is 11.8 Å². The van der Waals surface area contributed by atoms with Crippen molar-refractivity contribution < 1.29 is 0 Å². The molecule has 0 spiro atoms. The molecule has 4 rings (SSSR count). The molecule has 2 aromatic heterocycles. The van der Waals surface area contributed by atoms with Crippen molar-refractivity contribution in [2.75, 3.05) is 35.3 Å². The van der Waals surface area contributed by atoms with E-state index in [-0.39, 0.29) is 0 Å². The molecular formula is C27H34N8. The van der Waals surface area contributed by atoms with E-state index in [0.717, 1.165) is 41.3 Å². The van der Waals surface area contributed by atoms with Crippen LogP contribution in [0.4, 0.5) is 17.2 Å². The molecule has 0 radical (unpaired) electrons. The Morgan fingerprint density at radius 3 is 2.26 bits per heavy atom. The number of tetrazole rings is 1. The molecule has 0 fully saturated rings. The fourth-order valence-corrected chi connectivity index (χ4v) is 4.18. The largest absolute Gasteiger partial charge is 0.369 e. The average Bonchev–Trinajstić information content (AvgIpc) is 3.39. The van der Waals surface area contributed by atoms with Gasteiger partial charge in [0.1, 0.15) is 5.82 Å².